The Labute approximate surface area is 180 Å². The number of carbonyl (C=O) groups excluding carboxylic acids is 1. The fourth-order valence-electron chi connectivity index (χ4n) is 3.27. The lowest BCUT2D eigenvalue weighted by atomic mass is 9.96. The highest BCUT2D eigenvalue weighted by atomic mass is 16.6. The Morgan fingerprint density at radius 3 is 2.26 bits per heavy atom. The number of amides is 1. The van der Waals surface area contributed by atoms with E-state index in [0.717, 1.165) is 11.3 Å². The van der Waals surface area contributed by atoms with Crippen LogP contribution in [-0.4, -0.2) is 25.9 Å². The number of fused-ring (bicyclic) bond motifs is 1. The zero-order valence-corrected chi connectivity index (χ0v) is 18.4. The van der Waals surface area contributed by atoms with E-state index in [1.165, 1.54) is 6.07 Å². The number of benzene rings is 2. The average Bonchev–Trinajstić information content (AvgIpc) is 2.71. The maximum atomic E-state index is 12.6. The third-order valence-electron chi connectivity index (χ3n) is 4.65. The summed E-state index contributed by atoms with van der Waals surface area (Å²) in [5, 5.41) is 3.61. The van der Waals surface area contributed by atoms with Crippen molar-refractivity contribution in [1.82, 2.24) is 5.32 Å². The van der Waals surface area contributed by atoms with E-state index in [2.05, 4.69) is 5.32 Å². The van der Waals surface area contributed by atoms with Gasteiger partial charge in [0.05, 0.1) is 20.3 Å². The maximum Gasteiger partial charge on any atom is 0.408 e. The molecule has 0 spiro atoms. The van der Waals surface area contributed by atoms with Gasteiger partial charge in [-0.1, -0.05) is 12.1 Å². The van der Waals surface area contributed by atoms with E-state index >= 15 is 0 Å². The van der Waals surface area contributed by atoms with Crippen LogP contribution in [0.2, 0.25) is 0 Å². The van der Waals surface area contributed by atoms with Crippen molar-refractivity contribution in [3.63, 3.8) is 0 Å². The number of ether oxygens (including phenoxy) is 3. The van der Waals surface area contributed by atoms with E-state index in [0.29, 0.717) is 28.7 Å². The third kappa shape index (κ3) is 5.78. The van der Waals surface area contributed by atoms with Crippen LogP contribution in [0.25, 0.3) is 11.0 Å². The molecule has 31 heavy (non-hydrogen) atoms. The van der Waals surface area contributed by atoms with Gasteiger partial charge in [0.15, 0.2) is 0 Å². The van der Waals surface area contributed by atoms with E-state index in [1.807, 2.05) is 30.3 Å². The van der Waals surface area contributed by atoms with E-state index in [1.54, 1.807) is 47.1 Å². The molecule has 0 aliphatic heterocycles. The molecule has 1 aromatic heterocycles. The van der Waals surface area contributed by atoms with Gasteiger partial charge in [0.25, 0.3) is 0 Å². The van der Waals surface area contributed by atoms with Crippen molar-refractivity contribution < 1.29 is 23.4 Å². The summed E-state index contributed by atoms with van der Waals surface area (Å²) in [5.74, 6) is 1.30. The first-order valence-corrected chi connectivity index (χ1v) is 9.93. The fourth-order valence-corrected chi connectivity index (χ4v) is 3.27. The Hall–Kier alpha value is -3.48. The molecular formula is C24H27NO6. The Morgan fingerprint density at radius 1 is 1.00 bits per heavy atom. The average molecular weight is 425 g/mol. The smallest absolute Gasteiger partial charge is 0.408 e. The van der Waals surface area contributed by atoms with Gasteiger partial charge in [-0.05, 0) is 62.6 Å². The largest absolute Gasteiger partial charge is 0.497 e. The highest BCUT2D eigenvalue weighted by molar-refractivity contribution is 5.83. The van der Waals surface area contributed by atoms with E-state index in [-0.39, 0.29) is 0 Å². The molecule has 7 nitrogen and oxygen atoms in total. The first kappa shape index (κ1) is 22.2. The van der Waals surface area contributed by atoms with Crippen molar-refractivity contribution in [2.24, 2.45) is 0 Å². The van der Waals surface area contributed by atoms with Gasteiger partial charge in [-0.3, -0.25) is 0 Å². The molecular weight excluding hydrogens is 398 g/mol. The number of alkyl carbamates (subject to hydrolysis) is 1. The molecule has 2 aromatic carbocycles. The molecule has 3 rings (SSSR count). The fraction of sp³-hybridized carbons (Fsp3) is 0.333. The minimum atomic E-state index is -0.653. The molecule has 0 bridgehead atoms. The van der Waals surface area contributed by atoms with Gasteiger partial charge < -0.3 is 23.9 Å². The summed E-state index contributed by atoms with van der Waals surface area (Å²) in [6.45, 7) is 5.39. The Balaban J connectivity index is 2.04. The minimum absolute atomic E-state index is 0.382. The number of hydrogen-bond donors (Lipinski definition) is 1. The van der Waals surface area contributed by atoms with Gasteiger partial charge in [0.1, 0.15) is 22.7 Å². The van der Waals surface area contributed by atoms with Crippen molar-refractivity contribution in [3.05, 3.63) is 70.1 Å². The van der Waals surface area contributed by atoms with E-state index in [9.17, 15) is 9.59 Å². The summed E-state index contributed by atoms with van der Waals surface area (Å²) in [6.07, 6.45) is -0.130. The van der Waals surface area contributed by atoms with Crippen LogP contribution >= 0.6 is 0 Å². The van der Waals surface area contributed by atoms with Gasteiger partial charge in [0.2, 0.25) is 0 Å². The molecule has 0 radical (unpaired) electrons. The van der Waals surface area contributed by atoms with Crippen molar-refractivity contribution >= 4 is 17.1 Å². The summed E-state index contributed by atoms with van der Waals surface area (Å²) in [7, 11) is 3.14. The predicted molar refractivity (Wildman–Crippen MR) is 118 cm³/mol. The molecule has 1 amide bonds. The highest BCUT2D eigenvalue weighted by Crippen LogP contribution is 2.29. The number of nitrogens with one attached hydrogen (secondary N) is 1. The second-order valence-electron chi connectivity index (χ2n) is 8.13. The predicted octanol–water partition coefficient (Wildman–Crippen LogP) is 4.62. The Bertz CT molecular complexity index is 1110. The first-order chi connectivity index (χ1) is 14.7. The molecule has 0 aliphatic rings. The minimum Gasteiger partial charge on any atom is -0.497 e. The molecule has 164 valence electrons. The lowest BCUT2D eigenvalue weighted by Crippen LogP contribution is -2.36. The van der Waals surface area contributed by atoms with Crippen molar-refractivity contribution in [2.45, 2.75) is 38.8 Å². The number of carbonyl (C=O) groups is 1. The molecule has 0 fully saturated rings. The van der Waals surface area contributed by atoms with Crippen molar-refractivity contribution in [2.75, 3.05) is 14.2 Å². The second-order valence-corrected chi connectivity index (χ2v) is 8.13. The van der Waals surface area contributed by atoms with Crippen LogP contribution in [0, 0.1) is 0 Å². The zero-order valence-electron chi connectivity index (χ0n) is 18.4. The highest BCUT2D eigenvalue weighted by Gasteiger charge is 2.23. The van der Waals surface area contributed by atoms with Gasteiger partial charge in [-0.2, -0.15) is 0 Å². The first-order valence-electron chi connectivity index (χ1n) is 9.93. The normalized spacial score (nSPS) is 12.3. The molecule has 1 N–H and O–H groups in total. The third-order valence-corrected chi connectivity index (χ3v) is 4.65. The van der Waals surface area contributed by atoms with E-state index < -0.39 is 23.4 Å². The Morgan fingerprint density at radius 2 is 1.65 bits per heavy atom. The number of rotatable bonds is 6. The summed E-state index contributed by atoms with van der Waals surface area (Å²) >= 11 is 0. The summed E-state index contributed by atoms with van der Waals surface area (Å²) < 4.78 is 21.3. The van der Waals surface area contributed by atoms with Gasteiger partial charge in [-0.15, -0.1) is 0 Å². The SMILES string of the molecule is COc1ccc(C[C@H](NC(=O)OC(C)(C)C)c2cc(=O)oc3cc(OC)ccc23)cc1. The molecule has 1 heterocycles. The van der Waals surface area contributed by atoms with Crippen LogP contribution in [0.3, 0.4) is 0 Å². The molecule has 1 atom stereocenters. The number of hydrogen-bond acceptors (Lipinski definition) is 6. The van der Waals surface area contributed by atoms with Crippen LogP contribution < -0.4 is 20.4 Å². The summed E-state index contributed by atoms with van der Waals surface area (Å²) in [6, 6.07) is 13.7. The summed E-state index contributed by atoms with van der Waals surface area (Å²) in [5.41, 5.74) is 0.807. The van der Waals surface area contributed by atoms with Gasteiger partial charge in [-0.25, -0.2) is 9.59 Å². The van der Waals surface area contributed by atoms with Crippen LogP contribution in [0.15, 0.2) is 57.7 Å². The monoisotopic (exact) mass is 425 g/mol. The van der Waals surface area contributed by atoms with Gasteiger partial charge >= 0.3 is 11.7 Å². The quantitative estimate of drug-likeness (QED) is 0.580. The Kier molecular flexibility index (Phi) is 6.53. The standard InChI is InChI=1S/C24H27NO6/c1-24(2,3)31-23(27)25-20(12-15-6-8-16(28-4)9-7-15)19-14-22(26)30-21-13-17(29-5)10-11-18(19)21/h6-11,13-14,20H,12H2,1-5H3,(H,25,27)/t20-/m0/s1. The van der Waals surface area contributed by atoms with E-state index in [4.69, 9.17) is 18.6 Å². The van der Waals surface area contributed by atoms with Crippen LogP contribution in [0.4, 0.5) is 4.79 Å². The maximum absolute atomic E-state index is 12.6. The lowest BCUT2D eigenvalue weighted by molar-refractivity contribution is 0.0503. The lowest BCUT2D eigenvalue weighted by Gasteiger charge is -2.24. The molecule has 7 heteroatoms. The second kappa shape index (κ2) is 9.12. The topological polar surface area (TPSA) is 87.0 Å². The van der Waals surface area contributed by atoms with Crippen molar-refractivity contribution in [1.29, 1.82) is 0 Å². The molecule has 0 aliphatic carbocycles. The summed E-state index contributed by atoms with van der Waals surface area (Å²) in [4.78, 5) is 24.9. The molecule has 0 saturated heterocycles. The number of methoxy groups -OCH3 is 2. The van der Waals surface area contributed by atoms with Crippen molar-refractivity contribution in [3.8, 4) is 11.5 Å². The van der Waals surface area contributed by atoms with Crippen LogP contribution in [0.1, 0.15) is 37.9 Å². The molecule has 3 aromatic rings. The zero-order chi connectivity index (χ0) is 22.6. The molecule has 0 unspecified atom stereocenters. The van der Waals surface area contributed by atoms with Gasteiger partial charge in [0, 0.05) is 17.5 Å². The molecule has 0 saturated carbocycles. The van der Waals surface area contributed by atoms with Crippen LogP contribution in [-0.2, 0) is 11.2 Å². The van der Waals surface area contributed by atoms with Crippen LogP contribution in [0.5, 0.6) is 11.5 Å².